The van der Waals surface area contributed by atoms with Crippen molar-refractivity contribution in [2.45, 2.75) is 52.1 Å². The lowest BCUT2D eigenvalue weighted by Gasteiger charge is -2.17. The van der Waals surface area contributed by atoms with Crippen molar-refractivity contribution < 1.29 is 14.6 Å². The summed E-state index contributed by atoms with van der Waals surface area (Å²) in [5, 5.41) is 9.20. The van der Waals surface area contributed by atoms with Gasteiger partial charge in [0.2, 0.25) is 0 Å². The second-order valence-corrected chi connectivity index (χ2v) is 4.46. The zero-order valence-electron chi connectivity index (χ0n) is 11.2. The molecule has 3 heteroatoms. The van der Waals surface area contributed by atoms with Gasteiger partial charge in [-0.25, -0.2) is 0 Å². The van der Waals surface area contributed by atoms with E-state index in [-0.39, 0.29) is 17.6 Å². The highest BCUT2D eigenvalue weighted by Crippen LogP contribution is 2.19. The van der Waals surface area contributed by atoms with E-state index in [4.69, 9.17) is 4.74 Å². The lowest BCUT2D eigenvalue weighted by Crippen LogP contribution is -2.27. The zero-order valence-corrected chi connectivity index (χ0v) is 11.2. The van der Waals surface area contributed by atoms with Gasteiger partial charge < -0.3 is 9.84 Å². The average Bonchev–Trinajstić information content (AvgIpc) is 2.37. The van der Waals surface area contributed by atoms with Crippen molar-refractivity contribution in [3.63, 3.8) is 0 Å². The van der Waals surface area contributed by atoms with E-state index in [1.165, 1.54) is 0 Å². The highest BCUT2D eigenvalue weighted by Gasteiger charge is 2.18. The molecule has 0 aliphatic rings. The monoisotopic (exact) mass is 250 g/mol. The topological polar surface area (TPSA) is 46.5 Å². The van der Waals surface area contributed by atoms with Gasteiger partial charge in [0.05, 0.1) is 0 Å². The zero-order chi connectivity index (χ0) is 13.4. The SMILES string of the molecule is CCCCC(Oc1ccc(O)cc1)C(=O)CCC. The van der Waals surface area contributed by atoms with E-state index in [1.54, 1.807) is 24.3 Å². The van der Waals surface area contributed by atoms with Crippen LogP contribution in [0.3, 0.4) is 0 Å². The van der Waals surface area contributed by atoms with Gasteiger partial charge in [-0.3, -0.25) is 4.79 Å². The summed E-state index contributed by atoms with van der Waals surface area (Å²) in [6, 6.07) is 6.51. The first-order valence-electron chi connectivity index (χ1n) is 6.65. The smallest absolute Gasteiger partial charge is 0.173 e. The van der Waals surface area contributed by atoms with Gasteiger partial charge in [-0.15, -0.1) is 0 Å². The Hall–Kier alpha value is -1.51. The molecule has 1 aromatic rings. The number of benzene rings is 1. The summed E-state index contributed by atoms with van der Waals surface area (Å²) in [5.41, 5.74) is 0. The Kier molecular flexibility index (Phi) is 6.26. The van der Waals surface area contributed by atoms with Crippen LogP contribution in [-0.2, 0) is 4.79 Å². The van der Waals surface area contributed by atoms with E-state index < -0.39 is 0 Å². The lowest BCUT2D eigenvalue weighted by molar-refractivity contribution is -0.126. The number of Topliss-reactive ketones (excluding diaryl/α,β-unsaturated/α-hetero) is 1. The molecule has 0 aliphatic heterocycles. The highest BCUT2D eigenvalue weighted by molar-refractivity contribution is 5.83. The van der Waals surface area contributed by atoms with E-state index in [0.29, 0.717) is 12.2 Å². The quantitative estimate of drug-likeness (QED) is 0.765. The maximum Gasteiger partial charge on any atom is 0.173 e. The Balaban J connectivity index is 2.64. The molecule has 0 saturated heterocycles. The highest BCUT2D eigenvalue weighted by atomic mass is 16.5. The molecule has 0 amide bonds. The molecular formula is C15H22O3. The summed E-state index contributed by atoms with van der Waals surface area (Å²) in [6.07, 6.45) is 3.85. The number of hydrogen-bond donors (Lipinski definition) is 1. The minimum absolute atomic E-state index is 0.166. The fraction of sp³-hybridized carbons (Fsp3) is 0.533. The average molecular weight is 250 g/mol. The molecule has 0 spiro atoms. The molecular weight excluding hydrogens is 228 g/mol. The van der Waals surface area contributed by atoms with Crippen LogP contribution in [0.25, 0.3) is 0 Å². The van der Waals surface area contributed by atoms with Crippen LogP contribution in [0.4, 0.5) is 0 Å². The molecule has 1 N–H and O–H groups in total. The van der Waals surface area contributed by atoms with Crippen molar-refractivity contribution in [1.82, 2.24) is 0 Å². The molecule has 1 unspecified atom stereocenters. The lowest BCUT2D eigenvalue weighted by atomic mass is 10.0. The molecule has 0 aliphatic carbocycles. The maximum absolute atomic E-state index is 11.9. The van der Waals surface area contributed by atoms with Gasteiger partial charge in [-0.05, 0) is 43.5 Å². The van der Waals surface area contributed by atoms with E-state index in [0.717, 1.165) is 25.7 Å². The molecule has 3 nitrogen and oxygen atoms in total. The van der Waals surface area contributed by atoms with Crippen molar-refractivity contribution in [2.24, 2.45) is 0 Å². The normalized spacial score (nSPS) is 12.1. The molecule has 100 valence electrons. The number of phenolic OH excluding ortho intramolecular Hbond substituents is 1. The van der Waals surface area contributed by atoms with Crippen LogP contribution >= 0.6 is 0 Å². The van der Waals surface area contributed by atoms with Gasteiger partial charge in [0.25, 0.3) is 0 Å². The minimum Gasteiger partial charge on any atom is -0.508 e. The molecule has 0 heterocycles. The first-order chi connectivity index (χ1) is 8.67. The van der Waals surface area contributed by atoms with Crippen molar-refractivity contribution in [3.8, 4) is 11.5 Å². The maximum atomic E-state index is 11.9. The minimum atomic E-state index is -0.352. The van der Waals surface area contributed by atoms with Crippen LogP contribution in [0.5, 0.6) is 11.5 Å². The van der Waals surface area contributed by atoms with Crippen LogP contribution < -0.4 is 4.74 Å². The molecule has 0 fully saturated rings. The summed E-state index contributed by atoms with van der Waals surface area (Å²) >= 11 is 0. The van der Waals surface area contributed by atoms with Gasteiger partial charge >= 0.3 is 0 Å². The van der Waals surface area contributed by atoms with Crippen LogP contribution in [0.15, 0.2) is 24.3 Å². The number of ketones is 1. The molecule has 18 heavy (non-hydrogen) atoms. The second kappa shape index (κ2) is 7.75. The van der Waals surface area contributed by atoms with Gasteiger partial charge in [0.15, 0.2) is 11.9 Å². The summed E-state index contributed by atoms with van der Waals surface area (Å²) in [7, 11) is 0. The van der Waals surface area contributed by atoms with Gasteiger partial charge in [-0.2, -0.15) is 0 Å². The standard InChI is InChI=1S/C15H22O3/c1-3-5-7-15(14(17)6-4-2)18-13-10-8-12(16)9-11-13/h8-11,15-16H,3-7H2,1-2H3. The van der Waals surface area contributed by atoms with Gasteiger partial charge in [0.1, 0.15) is 11.5 Å². The van der Waals surface area contributed by atoms with E-state index in [1.807, 2.05) is 6.92 Å². The Bertz CT molecular complexity index is 357. The summed E-state index contributed by atoms with van der Waals surface area (Å²) in [5.74, 6) is 1.00. The third-order valence-electron chi connectivity index (χ3n) is 2.79. The number of rotatable bonds is 8. The van der Waals surface area contributed by atoms with E-state index in [2.05, 4.69) is 6.92 Å². The van der Waals surface area contributed by atoms with Crippen molar-refractivity contribution >= 4 is 5.78 Å². The van der Waals surface area contributed by atoms with Crippen LogP contribution in [0.1, 0.15) is 46.0 Å². The number of phenols is 1. The first-order valence-corrected chi connectivity index (χ1v) is 6.65. The molecule has 0 saturated carbocycles. The fourth-order valence-corrected chi connectivity index (χ4v) is 1.77. The Morgan fingerprint density at radius 3 is 2.44 bits per heavy atom. The third-order valence-corrected chi connectivity index (χ3v) is 2.79. The van der Waals surface area contributed by atoms with Crippen LogP contribution in [-0.4, -0.2) is 17.0 Å². The summed E-state index contributed by atoms with van der Waals surface area (Å²) in [4.78, 5) is 11.9. The Morgan fingerprint density at radius 1 is 1.22 bits per heavy atom. The summed E-state index contributed by atoms with van der Waals surface area (Å²) in [6.45, 7) is 4.09. The van der Waals surface area contributed by atoms with Gasteiger partial charge in [0, 0.05) is 6.42 Å². The second-order valence-electron chi connectivity index (χ2n) is 4.46. The molecule has 1 atom stereocenters. The first kappa shape index (κ1) is 14.6. The van der Waals surface area contributed by atoms with Crippen molar-refractivity contribution in [1.29, 1.82) is 0 Å². The van der Waals surface area contributed by atoms with Crippen molar-refractivity contribution in [3.05, 3.63) is 24.3 Å². The van der Waals surface area contributed by atoms with Crippen LogP contribution in [0, 0.1) is 0 Å². The number of carbonyl (C=O) groups excluding carboxylic acids is 1. The number of aromatic hydroxyl groups is 1. The number of hydrogen-bond acceptors (Lipinski definition) is 3. The summed E-state index contributed by atoms with van der Waals surface area (Å²) < 4.78 is 5.73. The Labute approximate surface area is 109 Å². The van der Waals surface area contributed by atoms with E-state index in [9.17, 15) is 9.90 Å². The van der Waals surface area contributed by atoms with E-state index >= 15 is 0 Å². The number of carbonyl (C=O) groups is 1. The van der Waals surface area contributed by atoms with Crippen LogP contribution in [0.2, 0.25) is 0 Å². The predicted molar refractivity (Wildman–Crippen MR) is 72.0 cm³/mol. The molecule has 1 aromatic carbocycles. The Morgan fingerprint density at radius 2 is 1.89 bits per heavy atom. The number of unbranched alkanes of at least 4 members (excludes halogenated alkanes) is 1. The van der Waals surface area contributed by atoms with Gasteiger partial charge in [-0.1, -0.05) is 20.3 Å². The fourth-order valence-electron chi connectivity index (χ4n) is 1.77. The molecule has 1 rings (SSSR count). The largest absolute Gasteiger partial charge is 0.508 e. The predicted octanol–water partition coefficient (Wildman–Crippen LogP) is 3.70. The third kappa shape index (κ3) is 4.78. The number of ether oxygens (including phenoxy) is 1. The molecule has 0 aromatic heterocycles. The van der Waals surface area contributed by atoms with Crippen molar-refractivity contribution in [2.75, 3.05) is 0 Å². The molecule has 0 radical (unpaired) electrons. The molecule has 0 bridgehead atoms.